The maximum Gasteiger partial charge on any atom is 0.115 e. The fourth-order valence-corrected chi connectivity index (χ4v) is 2.89. The van der Waals surface area contributed by atoms with Crippen LogP contribution in [0.15, 0.2) is 48.5 Å². The van der Waals surface area contributed by atoms with E-state index in [4.69, 9.17) is 10.2 Å². The highest BCUT2D eigenvalue weighted by Crippen LogP contribution is 2.27. The molecule has 150 valence electrons. The van der Waals surface area contributed by atoms with Gasteiger partial charge in [-0.3, -0.25) is 0 Å². The summed E-state index contributed by atoms with van der Waals surface area (Å²) >= 11 is 0. The maximum atomic E-state index is 9.13. The minimum absolute atomic E-state index is 0.216. The number of benzene rings is 2. The Hall–Kier alpha value is -1.96. The first-order chi connectivity index (χ1) is 12.9. The molecule has 2 aromatic rings. The van der Waals surface area contributed by atoms with Crippen molar-refractivity contribution in [2.45, 2.75) is 84.5 Å². The SMILES string of the molecule is CCC(C)(C)c1ccc(O)cc1.CCCCCCCCc1ccc(O)cc1. The van der Waals surface area contributed by atoms with Crippen LogP contribution in [0.4, 0.5) is 0 Å². The predicted molar refractivity (Wildman–Crippen MR) is 117 cm³/mol. The molecule has 2 aromatic carbocycles. The Labute approximate surface area is 166 Å². The number of aromatic hydroxyl groups is 2. The van der Waals surface area contributed by atoms with E-state index in [1.807, 2.05) is 24.3 Å². The van der Waals surface area contributed by atoms with Crippen molar-refractivity contribution in [2.75, 3.05) is 0 Å². The molecule has 2 nitrogen and oxygen atoms in total. The van der Waals surface area contributed by atoms with E-state index in [2.05, 4.69) is 27.7 Å². The normalized spacial score (nSPS) is 11.0. The fraction of sp³-hybridized carbons (Fsp3) is 0.520. The third kappa shape index (κ3) is 9.51. The number of unbranched alkanes of at least 4 members (excludes halogenated alkanes) is 5. The Kier molecular flexibility index (Phi) is 10.6. The van der Waals surface area contributed by atoms with Crippen LogP contribution in [-0.4, -0.2) is 10.2 Å². The van der Waals surface area contributed by atoms with Crippen LogP contribution >= 0.6 is 0 Å². The van der Waals surface area contributed by atoms with Crippen molar-refractivity contribution < 1.29 is 10.2 Å². The highest BCUT2D eigenvalue weighted by Gasteiger charge is 2.17. The average molecular weight is 371 g/mol. The lowest BCUT2D eigenvalue weighted by Gasteiger charge is -2.22. The topological polar surface area (TPSA) is 40.5 Å². The quantitative estimate of drug-likeness (QED) is 0.452. The van der Waals surface area contributed by atoms with Crippen molar-refractivity contribution in [3.8, 4) is 11.5 Å². The number of aryl methyl sites for hydroxylation is 1. The van der Waals surface area contributed by atoms with Gasteiger partial charge in [0.05, 0.1) is 0 Å². The van der Waals surface area contributed by atoms with Gasteiger partial charge in [0, 0.05) is 0 Å². The molecule has 0 heterocycles. The monoisotopic (exact) mass is 370 g/mol. The molecular formula is C25H38O2. The van der Waals surface area contributed by atoms with Gasteiger partial charge in [-0.05, 0) is 60.1 Å². The summed E-state index contributed by atoms with van der Waals surface area (Å²) in [4.78, 5) is 0. The van der Waals surface area contributed by atoms with Crippen LogP contribution in [0, 0.1) is 0 Å². The van der Waals surface area contributed by atoms with Crippen molar-refractivity contribution in [2.24, 2.45) is 0 Å². The van der Waals surface area contributed by atoms with Crippen molar-refractivity contribution >= 4 is 0 Å². The predicted octanol–water partition coefficient (Wildman–Crippen LogP) is 7.38. The minimum Gasteiger partial charge on any atom is -0.508 e. The van der Waals surface area contributed by atoms with Gasteiger partial charge in [-0.25, -0.2) is 0 Å². The average Bonchev–Trinajstić information content (AvgIpc) is 2.67. The second kappa shape index (κ2) is 12.4. The number of phenols is 2. The van der Waals surface area contributed by atoms with E-state index in [0.717, 1.165) is 12.8 Å². The van der Waals surface area contributed by atoms with Crippen LogP contribution in [-0.2, 0) is 11.8 Å². The van der Waals surface area contributed by atoms with E-state index in [1.54, 1.807) is 24.3 Å². The van der Waals surface area contributed by atoms with Crippen LogP contribution in [0.25, 0.3) is 0 Å². The molecule has 0 amide bonds. The standard InChI is InChI=1S/C14H22O.C11H16O/c1-2-3-4-5-6-7-8-13-9-11-14(15)12-10-13;1-4-11(2,3)9-5-7-10(12)8-6-9/h9-12,15H,2-8H2,1H3;5-8,12H,4H2,1-3H3. The van der Waals surface area contributed by atoms with E-state index in [0.29, 0.717) is 11.5 Å². The van der Waals surface area contributed by atoms with Crippen molar-refractivity contribution in [3.63, 3.8) is 0 Å². The summed E-state index contributed by atoms with van der Waals surface area (Å²) in [6, 6.07) is 15.0. The van der Waals surface area contributed by atoms with E-state index in [9.17, 15) is 0 Å². The molecule has 0 unspecified atom stereocenters. The zero-order chi connectivity index (χ0) is 20.1. The van der Waals surface area contributed by atoms with E-state index in [1.165, 1.54) is 49.7 Å². The molecule has 0 saturated heterocycles. The summed E-state index contributed by atoms with van der Waals surface area (Å²) in [5.41, 5.74) is 2.83. The number of hydrogen-bond donors (Lipinski definition) is 2. The molecule has 0 atom stereocenters. The smallest absolute Gasteiger partial charge is 0.115 e. The summed E-state index contributed by atoms with van der Waals surface area (Å²) in [5, 5.41) is 18.2. The Morgan fingerprint density at radius 2 is 1.15 bits per heavy atom. The van der Waals surface area contributed by atoms with Gasteiger partial charge < -0.3 is 10.2 Å². The van der Waals surface area contributed by atoms with Gasteiger partial charge in [-0.2, -0.15) is 0 Å². The van der Waals surface area contributed by atoms with Gasteiger partial charge in [-0.15, -0.1) is 0 Å². The van der Waals surface area contributed by atoms with Gasteiger partial charge in [0.2, 0.25) is 0 Å². The van der Waals surface area contributed by atoms with Crippen molar-refractivity contribution in [1.29, 1.82) is 0 Å². The first-order valence-corrected chi connectivity index (χ1v) is 10.5. The Morgan fingerprint density at radius 1 is 0.667 bits per heavy atom. The number of hydrogen-bond acceptors (Lipinski definition) is 2. The molecule has 0 spiro atoms. The molecular weight excluding hydrogens is 332 g/mol. The Morgan fingerprint density at radius 3 is 1.67 bits per heavy atom. The molecule has 27 heavy (non-hydrogen) atoms. The molecule has 0 radical (unpaired) electrons. The van der Waals surface area contributed by atoms with E-state index in [-0.39, 0.29) is 5.41 Å². The Bertz CT molecular complexity index is 612. The zero-order valence-corrected chi connectivity index (χ0v) is 17.7. The molecule has 2 rings (SSSR count). The zero-order valence-electron chi connectivity index (χ0n) is 17.7. The fourth-order valence-electron chi connectivity index (χ4n) is 2.89. The molecule has 0 aliphatic carbocycles. The summed E-state index contributed by atoms with van der Waals surface area (Å²) < 4.78 is 0. The summed E-state index contributed by atoms with van der Waals surface area (Å²) in [6.45, 7) is 8.84. The lowest BCUT2D eigenvalue weighted by atomic mass is 9.82. The van der Waals surface area contributed by atoms with Gasteiger partial charge in [0.25, 0.3) is 0 Å². The van der Waals surface area contributed by atoms with Crippen LogP contribution in [0.1, 0.15) is 83.8 Å². The third-order valence-corrected chi connectivity index (χ3v) is 5.29. The Balaban J connectivity index is 0.000000277. The van der Waals surface area contributed by atoms with Gasteiger partial charge in [0.1, 0.15) is 11.5 Å². The highest BCUT2D eigenvalue weighted by atomic mass is 16.3. The maximum absolute atomic E-state index is 9.13. The number of phenolic OH excluding ortho intramolecular Hbond substituents is 2. The van der Waals surface area contributed by atoms with Crippen LogP contribution in [0.3, 0.4) is 0 Å². The van der Waals surface area contributed by atoms with Crippen LogP contribution in [0.5, 0.6) is 11.5 Å². The second-order valence-corrected chi connectivity index (χ2v) is 7.97. The van der Waals surface area contributed by atoms with E-state index >= 15 is 0 Å². The third-order valence-electron chi connectivity index (χ3n) is 5.29. The molecule has 2 heteroatoms. The largest absolute Gasteiger partial charge is 0.508 e. The van der Waals surface area contributed by atoms with Gasteiger partial charge in [-0.1, -0.05) is 84.1 Å². The van der Waals surface area contributed by atoms with Crippen molar-refractivity contribution in [3.05, 3.63) is 59.7 Å². The molecule has 0 aromatic heterocycles. The molecule has 0 aliphatic heterocycles. The minimum atomic E-state index is 0.216. The molecule has 0 fully saturated rings. The lowest BCUT2D eigenvalue weighted by molar-refractivity contribution is 0.471. The first kappa shape index (κ1) is 23.1. The molecule has 0 aliphatic rings. The van der Waals surface area contributed by atoms with E-state index < -0.39 is 0 Å². The molecule has 2 N–H and O–H groups in total. The van der Waals surface area contributed by atoms with Gasteiger partial charge in [0.15, 0.2) is 0 Å². The summed E-state index contributed by atoms with van der Waals surface area (Å²) in [5.74, 6) is 0.701. The lowest BCUT2D eigenvalue weighted by Crippen LogP contribution is -2.14. The van der Waals surface area contributed by atoms with Crippen LogP contribution in [0.2, 0.25) is 0 Å². The highest BCUT2D eigenvalue weighted by molar-refractivity contribution is 5.30. The second-order valence-electron chi connectivity index (χ2n) is 7.97. The van der Waals surface area contributed by atoms with Crippen molar-refractivity contribution in [1.82, 2.24) is 0 Å². The molecule has 0 bridgehead atoms. The summed E-state index contributed by atoms with van der Waals surface area (Å²) in [6.07, 6.45) is 10.3. The summed E-state index contributed by atoms with van der Waals surface area (Å²) in [7, 11) is 0. The van der Waals surface area contributed by atoms with Gasteiger partial charge >= 0.3 is 0 Å². The van der Waals surface area contributed by atoms with Crippen LogP contribution < -0.4 is 0 Å². The molecule has 0 saturated carbocycles. The first-order valence-electron chi connectivity index (χ1n) is 10.5. The number of rotatable bonds is 9.